The minimum atomic E-state index is -3.68. The van der Waals surface area contributed by atoms with Crippen molar-refractivity contribution in [3.8, 4) is 34.0 Å². The van der Waals surface area contributed by atoms with Crippen LogP contribution in [0, 0.1) is 12.7 Å². The predicted octanol–water partition coefficient (Wildman–Crippen LogP) is 6.35. The third-order valence-electron chi connectivity index (χ3n) is 8.13. The lowest BCUT2D eigenvalue weighted by molar-refractivity contribution is 0.0964. The van der Waals surface area contributed by atoms with Crippen LogP contribution in [0.25, 0.3) is 55.8 Å². The maximum atomic E-state index is 14.6. The SMILES string of the molecule is CNC(=O)c1c(-c2ccc(C)cc2)oc2cc(N(C)S(C)(=O)=O)c(-c3ccc4c(n3)-c3cc5c(F)cccc5n3C4)cc12. The molecule has 10 heteroatoms. The summed E-state index contributed by atoms with van der Waals surface area (Å²) < 4.78 is 49.6. The van der Waals surface area contributed by atoms with Crippen molar-refractivity contribution < 1.29 is 22.0 Å². The Balaban J connectivity index is 1.49. The van der Waals surface area contributed by atoms with Crippen molar-refractivity contribution in [2.75, 3.05) is 24.7 Å². The van der Waals surface area contributed by atoms with Gasteiger partial charge in [-0.3, -0.25) is 9.10 Å². The molecular weight excluding hydrogens is 567 g/mol. The van der Waals surface area contributed by atoms with Gasteiger partial charge in [0.2, 0.25) is 10.0 Å². The van der Waals surface area contributed by atoms with E-state index < -0.39 is 10.0 Å². The van der Waals surface area contributed by atoms with E-state index in [1.807, 2.05) is 54.0 Å². The summed E-state index contributed by atoms with van der Waals surface area (Å²) in [4.78, 5) is 18.2. The van der Waals surface area contributed by atoms with Gasteiger partial charge in [-0.05, 0) is 42.8 Å². The number of aromatic nitrogens is 2. The van der Waals surface area contributed by atoms with Gasteiger partial charge in [0.15, 0.2) is 0 Å². The molecule has 0 fully saturated rings. The van der Waals surface area contributed by atoms with E-state index in [0.29, 0.717) is 56.9 Å². The molecule has 0 radical (unpaired) electrons. The Labute approximate surface area is 247 Å². The first-order valence-corrected chi connectivity index (χ1v) is 15.5. The molecule has 0 spiro atoms. The molecule has 8 nitrogen and oxygen atoms in total. The van der Waals surface area contributed by atoms with Crippen LogP contribution in [0.3, 0.4) is 0 Å². The Bertz CT molecular complexity index is 2230. The summed E-state index contributed by atoms with van der Waals surface area (Å²) in [5.41, 5.74) is 7.07. The molecular formula is C33H27FN4O4S. The first-order valence-electron chi connectivity index (χ1n) is 13.7. The van der Waals surface area contributed by atoms with Crippen LogP contribution in [-0.2, 0) is 16.6 Å². The lowest BCUT2D eigenvalue weighted by Gasteiger charge is -2.20. The Morgan fingerprint density at radius 3 is 2.53 bits per heavy atom. The Morgan fingerprint density at radius 1 is 1.05 bits per heavy atom. The third kappa shape index (κ3) is 4.20. The van der Waals surface area contributed by atoms with E-state index in [1.54, 1.807) is 31.3 Å². The lowest BCUT2D eigenvalue weighted by Crippen LogP contribution is -2.25. The van der Waals surface area contributed by atoms with Crippen LogP contribution >= 0.6 is 0 Å². The number of aryl methyl sites for hydroxylation is 1. The molecule has 0 atom stereocenters. The maximum absolute atomic E-state index is 14.6. The molecule has 6 aromatic rings. The van der Waals surface area contributed by atoms with E-state index in [2.05, 4.69) is 5.32 Å². The standard InChI is InChI=1S/C33H27FN4O4S/c1-18-8-10-19(11-9-18)32-30(33(39)35-2)23-14-22(27(16-29(23)42-32)37(3)43(4,40)41)25-13-12-20-17-38-26-7-5-6-24(34)21(26)15-28(38)31(20)36-25/h5-16H,17H2,1-4H3,(H,35,39). The highest BCUT2D eigenvalue weighted by Crippen LogP contribution is 2.43. The molecule has 3 aromatic carbocycles. The maximum Gasteiger partial charge on any atom is 0.255 e. The van der Waals surface area contributed by atoms with Gasteiger partial charge < -0.3 is 14.3 Å². The Morgan fingerprint density at radius 2 is 1.81 bits per heavy atom. The summed E-state index contributed by atoms with van der Waals surface area (Å²) in [5, 5.41) is 3.75. The van der Waals surface area contributed by atoms with Gasteiger partial charge in [-0.15, -0.1) is 0 Å². The number of carbonyl (C=O) groups is 1. The molecule has 4 heterocycles. The number of hydrogen-bond acceptors (Lipinski definition) is 5. The number of amides is 1. The van der Waals surface area contributed by atoms with Gasteiger partial charge in [0, 0.05) is 42.1 Å². The number of benzene rings is 3. The average molecular weight is 595 g/mol. The predicted molar refractivity (Wildman–Crippen MR) is 166 cm³/mol. The van der Waals surface area contributed by atoms with Gasteiger partial charge in [0.25, 0.3) is 5.91 Å². The summed E-state index contributed by atoms with van der Waals surface area (Å²) in [5.74, 6) is -0.253. The molecule has 0 saturated heterocycles. The monoisotopic (exact) mass is 594 g/mol. The van der Waals surface area contributed by atoms with Gasteiger partial charge in [0.1, 0.15) is 17.2 Å². The quantitative estimate of drug-likeness (QED) is 0.251. The summed E-state index contributed by atoms with van der Waals surface area (Å²) in [6.45, 7) is 2.52. The smallest absolute Gasteiger partial charge is 0.255 e. The highest BCUT2D eigenvalue weighted by molar-refractivity contribution is 7.92. The zero-order chi connectivity index (χ0) is 30.2. The van der Waals surface area contributed by atoms with Crippen LogP contribution in [-0.4, -0.2) is 44.2 Å². The van der Waals surface area contributed by atoms with E-state index in [-0.39, 0.29) is 11.7 Å². The fraction of sp³-hybridized carbons (Fsp3) is 0.152. The first kappa shape index (κ1) is 26.9. The van der Waals surface area contributed by atoms with Crippen LogP contribution < -0.4 is 9.62 Å². The second-order valence-corrected chi connectivity index (χ2v) is 12.9. The van der Waals surface area contributed by atoms with Crippen molar-refractivity contribution in [1.29, 1.82) is 0 Å². The van der Waals surface area contributed by atoms with Gasteiger partial charge in [-0.1, -0.05) is 42.0 Å². The number of carbonyl (C=O) groups excluding carboxylic acids is 1. The summed E-state index contributed by atoms with van der Waals surface area (Å²) in [6, 6.07) is 21.6. The van der Waals surface area contributed by atoms with Crippen LogP contribution in [0.15, 0.2) is 77.2 Å². The van der Waals surface area contributed by atoms with Crippen molar-refractivity contribution in [3.05, 3.63) is 95.3 Å². The molecule has 1 amide bonds. The third-order valence-corrected chi connectivity index (χ3v) is 9.32. The van der Waals surface area contributed by atoms with Crippen molar-refractivity contribution >= 4 is 43.5 Å². The van der Waals surface area contributed by atoms with Gasteiger partial charge in [-0.2, -0.15) is 0 Å². The molecule has 1 aliphatic heterocycles. The van der Waals surface area contributed by atoms with Crippen molar-refractivity contribution in [1.82, 2.24) is 14.9 Å². The van der Waals surface area contributed by atoms with Crippen molar-refractivity contribution in [2.24, 2.45) is 0 Å². The number of halogens is 1. The number of rotatable bonds is 5. The summed E-state index contributed by atoms with van der Waals surface area (Å²) in [6.07, 6.45) is 1.12. The molecule has 0 unspecified atom stereocenters. The summed E-state index contributed by atoms with van der Waals surface area (Å²) in [7, 11) is -0.658. The number of furan rings is 1. The van der Waals surface area contributed by atoms with Crippen molar-refractivity contribution in [2.45, 2.75) is 13.5 Å². The minimum absolute atomic E-state index is 0.300. The van der Waals surface area contributed by atoms with E-state index in [9.17, 15) is 17.6 Å². The highest BCUT2D eigenvalue weighted by atomic mass is 32.2. The molecule has 3 aromatic heterocycles. The molecule has 7 rings (SSSR count). The highest BCUT2D eigenvalue weighted by Gasteiger charge is 2.28. The number of anilines is 1. The number of nitrogens with one attached hydrogen (secondary N) is 1. The minimum Gasteiger partial charge on any atom is -0.455 e. The zero-order valence-electron chi connectivity index (χ0n) is 23.9. The normalized spacial score (nSPS) is 12.5. The van der Waals surface area contributed by atoms with Gasteiger partial charge in [-0.25, -0.2) is 17.8 Å². The number of sulfonamides is 1. The van der Waals surface area contributed by atoms with Crippen LogP contribution in [0.5, 0.6) is 0 Å². The Kier molecular flexibility index (Phi) is 5.97. The fourth-order valence-electron chi connectivity index (χ4n) is 5.81. The number of pyridine rings is 1. The number of fused-ring (bicyclic) bond motifs is 6. The Hall–Kier alpha value is -4.96. The number of nitrogens with zero attached hydrogens (tertiary/aromatic N) is 3. The van der Waals surface area contributed by atoms with Gasteiger partial charge in [0.05, 0.1) is 46.6 Å². The molecule has 1 N–H and O–H groups in total. The van der Waals surface area contributed by atoms with E-state index in [4.69, 9.17) is 9.40 Å². The second-order valence-electron chi connectivity index (χ2n) is 10.8. The first-order chi connectivity index (χ1) is 20.5. The molecule has 0 aliphatic carbocycles. The van der Waals surface area contributed by atoms with E-state index >= 15 is 0 Å². The topological polar surface area (TPSA) is 97.4 Å². The molecule has 0 bridgehead atoms. The number of hydrogen-bond donors (Lipinski definition) is 1. The molecule has 0 saturated carbocycles. The molecule has 216 valence electrons. The second kappa shape index (κ2) is 9.53. The molecule has 43 heavy (non-hydrogen) atoms. The zero-order valence-corrected chi connectivity index (χ0v) is 24.7. The fourth-order valence-corrected chi connectivity index (χ4v) is 6.32. The summed E-state index contributed by atoms with van der Waals surface area (Å²) >= 11 is 0. The lowest BCUT2D eigenvalue weighted by atomic mass is 10.00. The van der Waals surface area contributed by atoms with E-state index in [0.717, 1.165) is 34.2 Å². The van der Waals surface area contributed by atoms with Crippen LogP contribution in [0.4, 0.5) is 10.1 Å². The largest absolute Gasteiger partial charge is 0.455 e. The van der Waals surface area contributed by atoms with Crippen LogP contribution in [0.1, 0.15) is 21.5 Å². The molecule has 1 aliphatic rings. The average Bonchev–Trinajstić information content (AvgIpc) is 3.66. The van der Waals surface area contributed by atoms with Crippen molar-refractivity contribution in [3.63, 3.8) is 0 Å². The van der Waals surface area contributed by atoms with Gasteiger partial charge >= 0.3 is 0 Å². The van der Waals surface area contributed by atoms with E-state index in [1.165, 1.54) is 17.4 Å². The van der Waals surface area contributed by atoms with Crippen LogP contribution in [0.2, 0.25) is 0 Å².